The highest BCUT2D eigenvalue weighted by molar-refractivity contribution is 7.07. The molecule has 1 aliphatic heterocycles. The van der Waals surface area contributed by atoms with Gasteiger partial charge >= 0.3 is 0 Å². The van der Waals surface area contributed by atoms with Gasteiger partial charge in [0.05, 0.1) is 5.69 Å². The van der Waals surface area contributed by atoms with Gasteiger partial charge < -0.3 is 4.90 Å². The molecule has 10 heteroatoms. The molecule has 0 bridgehead atoms. The van der Waals surface area contributed by atoms with Gasteiger partial charge in [-0.1, -0.05) is 4.49 Å². The molecule has 1 fully saturated rings. The van der Waals surface area contributed by atoms with Gasteiger partial charge in [-0.2, -0.15) is 5.10 Å². The Morgan fingerprint density at radius 1 is 1.30 bits per heavy atom. The van der Waals surface area contributed by atoms with Crippen molar-refractivity contribution in [1.82, 2.24) is 34.0 Å². The minimum absolute atomic E-state index is 0.00285. The lowest BCUT2D eigenvalue weighted by molar-refractivity contribution is 0.0684. The van der Waals surface area contributed by atoms with Gasteiger partial charge in [-0.3, -0.25) is 9.59 Å². The van der Waals surface area contributed by atoms with Crippen LogP contribution in [0.4, 0.5) is 0 Å². The van der Waals surface area contributed by atoms with Crippen molar-refractivity contribution in [1.29, 1.82) is 0 Å². The summed E-state index contributed by atoms with van der Waals surface area (Å²) in [4.78, 5) is 27.2. The van der Waals surface area contributed by atoms with E-state index in [1.165, 1.54) is 10.7 Å². The first-order valence-corrected chi connectivity index (χ1v) is 9.55. The summed E-state index contributed by atoms with van der Waals surface area (Å²) >= 11 is 1.14. The van der Waals surface area contributed by atoms with E-state index in [4.69, 9.17) is 0 Å². The van der Waals surface area contributed by atoms with Crippen LogP contribution in [0.1, 0.15) is 28.2 Å². The van der Waals surface area contributed by atoms with Gasteiger partial charge in [0.15, 0.2) is 5.82 Å². The van der Waals surface area contributed by atoms with Crippen molar-refractivity contribution >= 4 is 17.4 Å². The first-order chi connectivity index (χ1) is 13.1. The third-order valence-electron chi connectivity index (χ3n) is 4.77. The molecule has 0 saturated carbocycles. The fourth-order valence-corrected chi connectivity index (χ4v) is 3.86. The van der Waals surface area contributed by atoms with E-state index in [-0.39, 0.29) is 11.5 Å². The van der Waals surface area contributed by atoms with E-state index in [2.05, 4.69) is 19.8 Å². The molecule has 3 aromatic rings. The average Bonchev–Trinajstić information content (AvgIpc) is 3.35. The Morgan fingerprint density at radius 3 is 2.78 bits per heavy atom. The van der Waals surface area contributed by atoms with Crippen LogP contribution in [0.15, 0.2) is 35.4 Å². The number of likely N-dealkylation sites (tertiary alicyclic amines) is 1. The highest BCUT2D eigenvalue weighted by Gasteiger charge is 2.26. The number of rotatable bonds is 4. The van der Waals surface area contributed by atoms with Crippen LogP contribution < -0.4 is 5.56 Å². The van der Waals surface area contributed by atoms with E-state index >= 15 is 0 Å². The number of aromatic nitrogens is 6. The Kier molecular flexibility index (Phi) is 4.80. The molecule has 0 spiro atoms. The van der Waals surface area contributed by atoms with Gasteiger partial charge in [-0.05, 0) is 49.3 Å². The number of carbonyl (C=O) groups excluding carboxylic acids is 1. The van der Waals surface area contributed by atoms with E-state index in [9.17, 15) is 9.59 Å². The first kappa shape index (κ1) is 17.5. The predicted octanol–water partition coefficient (Wildman–Crippen LogP) is 1.14. The van der Waals surface area contributed by atoms with E-state index in [0.29, 0.717) is 41.9 Å². The van der Waals surface area contributed by atoms with Crippen LogP contribution in [0.3, 0.4) is 0 Å². The summed E-state index contributed by atoms with van der Waals surface area (Å²) in [6.07, 6.45) is 5.12. The Balaban J connectivity index is 1.41. The summed E-state index contributed by atoms with van der Waals surface area (Å²) in [5, 5.41) is 12.5. The number of hydrogen-bond donors (Lipinski definition) is 0. The summed E-state index contributed by atoms with van der Waals surface area (Å²) in [6, 6.07) is 4.99. The molecule has 27 heavy (non-hydrogen) atoms. The molecule has 0 unspecified atom stereocenters. The molecule has 4 rings (SSSR count). The van der Waals surface area contributed by atoms with Crippen LogP contribution in [0.5, 0.6) is 0 Å². The number of aryl methyl sites for hydroxylation is 1. The van der Waals surface area contributed by atoms with Crippen molar-refractivity contribution in [3.8, 4) is 5.82 Å². The molecule has 0 aromatic carbocycles. The lowest BCUT2D eigenvalue weighted by Gasteiger charge is -2.31. The van der Waals surface area contributed by atoms with Gasteiger partial charge in [0, 0.05) is 38.1 Å². The fraction of sp³-hybridized carbons (Fsp3) is 0.412. The second-order valence-corrected chi connectivity index (χ2v) is 7.34. The van der Waals surface area contributed by atoms with Crippen molar-refractivity contribution < 1.29 is 4.79 Å². The Labute approximate surface area is 159 Å². The molecule has 140 valence electrons. The summed E-state index contributed by atoms with van der Waals surface area (Å²) in [6.45, 7) is 3.66. The van der Waals surface area contributed by atoms with Crippen LogP contribution in [0.2, 0.25) is 0 Å². The van der Waals surface area contributed by atoms with Crippen LogP contribution in [0, 0.1) is 12.8 Å². The van der Waals surface area contributed by atoms with Crippen LogP contribution in [0.25, 0.3) is 5.82 Å². The van der Waals surface area contributed by atoms with Crippen molar-refractivity contribution in [2.75, 3.05) is 13.1 Å². The van der Waals surface area contributed by atoms with Gasteiger partial charge in [-0.25, -0.2) is 9.36 Å². The fourth-order valence-electron chi connectivity index (χ4n) is 3.23. The highest BCUT2D eigenvalue weighted by atomic mass is 32.1. The third kappa shape index (κ3) is 3.65. The van der Waals surface area contributed by atoms with E-state index in [1.807, 2.05) is 11.0 Å². The second-order valence-electron chi connectivity index (χ2n) is 6.59. The molecule has 3 aromatic heterocycles. The van der Waals surface area contributed by atoms with Crippen LogP contribution in [-0.4, -0.2) is 53.0 Å². The van der Waals surface area contributed by atoms with Gasteiger partial charge in [0.1, 0.15) is 4.88 Å². The first-order valence-electron chi connectivity index (χ1n) is 8.78. The summed E-state index contributed by atoms with van der Waals surface area (Å²) in [5.74, 6) is 0.908. The maximum absolute atomic E-state index is 12.6. The number of carbonyl (C=O) groups is 1. The van der Waals surface area contributed by atoms with Gasteiger partial charge in [0.25, 0.3) is 11.5 Å². The zero-order valence-corrected chi connectivity index (χ0v) is 15.7. The van der Waals surface area contributed by atoms with Crippen molar-refractivity contribution in [2.24, 2.45) is 5.92 Å². The molecular formula is C17H19N7O2S. The smallest absolute Gasteiger partial charge is 0.267 e. The minimum Gasteiger partial charge on any atom is -0.338 e. The zero-order chi connectivity index (χ0) is 18.8. The molecule has 0 aliphatic carbocycles. The maximum atomic E-state index is 12.6. The molecule has 9 nitrogen and oxygen atoms in total. The quantitative estimate of drug-likeness (QED) is 0.668. The Hall–Kier alpha value is -2.88. The second kappa shape index (κ2) is 7.39. The number of hydrogen-bond acceptors (Lipinski definition) is 7. The maximum Gasteiger partial charge on any atom is 0.267 e. The Morgan fingerprint density at radius 2 is 2.11 bits per heavy atom. The van der Waals surface area contributed by atoms with Crippen LogP contribution >= 0.6 is 11.5 Å². The molecule has 1 saturated heterocycles. The van der Waals surface area contributed by atoms with E-state index in [0.717, 1.165) is 24.4 Å². The monoisotopic (exact) mass is 385 g/mol. The van der Waals surface area contributed by atoms with Crippen molar-refractivity contribution in [3.05, 3.63) is 51.5 Å². The van der Waals surface area contributed by atoms with Gasteiger partial charge in [0.2, 0.25) is 0 Å². The molecule has 1 amide bonds. The topological polar surface area (TPSA) is 98.8 Å². The van der Waals surface area contributed by atoms with Crippen LogP contribution in [-0.2, 0) is 6.54 Å². The number of nitrogens with zero attached hydrogens (tertiary/aromatic N) is 7. The largest absolute Gasteiger partial charge is 0.338 e. The Bertz CT molecular complexity index is 987. The zero-order valence-electron chi connectivity index (χ0n) is 14.9. The number of amides is 1. The highest BCUT2D eigenvalue weighted by Crippen LogP contribution is 2.22. The van der Waals surface area contributed by atoms with Gasteiger partial charge in [-0.15, -0.1) is 10.2 Å². The SMILES string of the molecule is Cc1nnsc1C(=O)N1CCC(Cn2nc(-n3cccn3)ccc2=O)CC1. The predicted molar refractivity (Wildman–Crippen MR) is 98.9 cm³/mol. The van der Waals surface area contributed by atoms with Crippen molar-refractivity contribution in [3.63, 3.8) is 0 Å². The lowest BCUT2D eigenvalue weighted by Crippen LogP contribution is -2.40. The number of piperidine rings is 1. The normalized spacial score (nSPS) is 15.2. The summed E-state index contributed by atoms with van der Waals surface area (Å²) in [5.41, 5.74) is 0.550. The molecule has 0 radical (unpaired) electrons. The molecule has 4 heterocycles. The summed E-state index contributed by atoms with van der Waals surface area (Å²) < 4.78 is 6.96. The van der Waals surface area contributed by atoms with E-state index in [1.54, 1.807) is 30.1 Å². The summed E-state index contributed by atoms with van der Waals surface area (Å²) in [7, 11) is 0. The standard InChI is InChI=1S/C17H19N7O2S/c1-12-16(27-21-19-12)17(26)22-9-5-13(6-10-22)11-24-15(25)4-3-14(20-24)23-8-2-7-18-23/h2-4,7-8,13H,5-6,9-11H2,1H3. The van der Waals surface area contributed by atoms with E-state index < -0.39 is 0 Å². The minimum atomic E-state index is -0.129. The van der Waals surface area contributed by atoms with Crippen molar-refractivity contribution in [2.45, 2.75) is 26.3 Å². The molecule has 0 N–H and O–H groups in total. The third-order valence-corrected chi connectivity index (χ3v) is 5.59. The molecule has 1 aliphatic rings. The molecule has 0 atom stereocenters. The average molecular weight is 385 g/mol. The molecular weight excluding hydrogens is 366 g/mol. The lowest BCUT2D eigenvalue weighted by atomic mass is 9.96.